The van der Waals surface area contributed by atoms with E-state index in [0.29, 0.717) is 31.6 Å². The van der Waals surface area contributed by atoms with Crippen LogP contribution in [0.25, 0.3) is 0 Å². The first-order valence-electron chi connectivity index (χ1n) is 5.80. The molecule has 0 spiro atoms. The summed E-state index contributed by atoms with van der Waals surface area (Å²) < 4.78 is 5.08. The van der Waals surface area contributed by atoms with E-state index in [4.69, 9.17) is 15.4 Å². The highest BCUT2D eigenvalue weighted by Crippen LogP contribution is 2.20. The van der Waals surface area contributed by atoms with E-state index in [0.717, 1.165) is 0 Å². The second kappa shape index (κ2) is 5.07. The lowest BCUT2D eigenvalue weighted by atomic mass is 9.95. The van der Waals surface area contributed by atoms with Crippen LogP contribution in [0.5, 0.6) is 0 Å². The standard InChI is InChI=1S/C11H16N4O3/c1-7-9(18-6-13-7)11(16)15-4-2-8(3-5-15)10(12)14-17/h6,8,17H,2-5H2,1H3,(H2,12,14). The van der Waals surface area contributed by atoms with Gasteiger partial charge in [-0.15, -0.1) is 0 Å². The van der Waals surface area contributed by atoms with Crippen LogP contribution < -0.4 is 5.73 Å². The van der Waals surface area contributed by atoms with Crippen molar-refractivity contribution >= 4 is 11.7 Å². The number of carbonyl (C=O) groups is 1. The number of piperidine rings is 1. The van der Waals surface area contributed by atoms with Gasteiger partial charge in [-0.05, 0) is 19.8 Å². The summed E-state index contributed by atoms with van der Waals surface area (Å²) in [6.07, 6.45) is 2.65. The minimum absolute atomic E-state index is 0.0369. The molecule has 1 amide bonds. The quantitative estimate of drug-likeness (QED) is 0.347. The monoisotopic (exact) mass is 252 g/mol. The summed E-state index contributed by atoms with van der Waals surface area (Å²) in [6, 6.07) is 0. The molecule has 0 aromatic carbocycles. The number of likely N-dealkylation sites (tertiary alicyclic amines) is 1. The molecule has 0 radical (unpaired) electrons. The third kappa shape index (κ3) is 2.29. The summed E-state index contributed by atoms with van der Waals surface area (Å²) in [6.45, 7) is 2.87. The van der Waals surface area contributed by atoms with Gasteiger partial charge in [-0.25, -0.2) is 4.98 Å². The fourth-order valence-electron chi connectivity index (χ4n) is 2.11. The molecule has 1 saturated heterocycles. The molecule has 7 nitrogen and oxygen atoms in total. The average molecular weight is 252 g/mol. The van der Waals surface area contributed by atoms with Crippen LogP contribution in [-0.2, 0) is 0 Å². The Morgan fingerprint density at radius 2 is 2.28 bits per heavy atom. The first-order valence-corrected chi connectivity index (χ1v) is 5.80. The van der Waals surface area contributed by atoms with Gasteiger partial charge in [0.15, 0.2) is 6.39 Å². The van der Waals surface area contributed by atoms with Gasteiger partial charge in [0.1, 0.15) is 5.84 Å². The van der Waals surface area contributed by atoms with Crippen LogP contribution in [0.4, 0.5) is 0 Å². The molecule has 18 heavy (non-hydrogen) atoms. The van der Waals surface area contributed by atoms with Gasteiger partial charge in [0.2, 0.25) is 5.76 Å². The number of oxazole rings is 1. The van der Waals surface area contributed by atoms with Crippen molar-refractivity contribution < 1.29 is 14.4 Å². The maximum atomic E-state index is 12.1. The van der Waals surface area contributed by atoms with Gasteiger partial charge in [0.25, 0.3) is 5.91 Å². The molecule has 0 bridgehead atoms. The lowest BCUT2D eigenvalue weighted by Crippen LogP contribution is -2.41. The van der Waals surface area contributed by atoms with E-state index in [9.17, 15) is 4.79 Å². The van der Waals surface area contributed by atoms with Crippen LogP contribution in [0.3, 0.4) is 0 Å². The molecule has 1 aliphatic rings. The van der Waals surface area contributed by atoms with E-state index in [-0.39, 0.29) is 23.4 Å². The van der Waals surface area contributed by atoms with Crippen LogP contribution >= 0.6 is 0 Å². The third-order valence-electron chi connectivity index (χ3n) is 3.26. The predicted molar refractivity (Wildman–Crippen MR) is 63.3 cm³/mol. The normalized spacial score (nSPS) is 18.1. The maximum absolute atomic E-state index is 12.1. The van der Waals surface area contributed by atoms with Crippen molar-refractivity contribution in [3.05, 3.63) is 17.8 Å². The van der Waals surface area contributed by atoms with Crippen molar-refractivity contribution in [1.29, 1.82) is 0 Å². The van der Waals surface area contributed by atoms with Gasteiger partial charge in [0, 0.05) is 19.0 Å². The number of oxime groups is 1. The molecule has 3 N–H and O–H groups in total. The first-order chi connectivity index (χ1) is 8.63. The van der Waals surface area contributed by atoms with E-state index >= 15 is 0 Å². The molecule has 98 valence electrons. The molecule has 0 saturated carbocycles. The van der Waals surface area contributed by atoms with Crippen LogP contribution in [0.2, 0.25) is 0 Å². The SMILES string of the molecule is Cc1ncoc1C(=O)N1CCC(C(N)=NO)CC1. The molecule has 0 atom stereocenters. The topological polar surface area (TPSA) is 105 Å². The van der Waals surface area contributed by atoms with Gasteiger partial charge >= 0.3 is 0 Å². The van der Waals surface area contributed by atoms with Crippen molar-refractivity contribution in [2.24, 2.45) is 16.8 Å². The zero-order chi connectivity index (χ0) is 13.1. The minimum atomic E-state index is -0.150. The van der Waals surface area contributed by atoms with Gasteiger partial charge in [0.05, 0.1) is 5.69 Å². The van der Waals surface area contributed by atoms with Gasteiger partial charge in [-0.1, -0.05) is 5.16 Å². The van der Waals surface area contributed by atoms with Gasteiger partial charge < -0.3 is 20.3 Å². The van der Waals surface area contributed by atoms with Crippen LogP contribution in [0.15, 0.2) is 16.0 Å². The van der Waals surface area contributed by atoms with Crippen molar-refractivity contribution in [3.63, 3.8) is 0 Å². The zero-order valence-electron chi connectivity index (χ0n) is 10.2. The number of carbonyl (C=O) groups excluding carboxylic acids is 1. The Morgan fingerprint density at radius 1 is 1.61 bits per heavy atom. The average Bonchev–Trinajstić information content (AvgIpc) is 2.83. The lowest BCUT2D eigenvalue weighted by molar-refractivity contribution is 0.0676. The number of nitrogens with zero attached hydrogens (tertiary/aromatic N) is 3. The van der Waals surface area contributed by atoms with Crippen LogP contribution in [0, 0.1) is 12.8 Å². The summed E-state index contributed by atoms with van der Waals surface area (Å²) in [5.41, 5.74) is 6.15. The van der Waals surface area contributed by atoms with Crippen molar-refractivity contribution in [3.8, 4) is 0 Å². The van der Waals surface area contributed by atoms with E-state index in [1.54, 1.807) is 11.8 Å². The molecule has 2 rings (SSSR count). The second-order valence-electron chi connectivity index (χ2n) is 4.36. The summed E-state index contributed by atoms with van der Waals surface area (Å²) in [5.74, 6) is 0.410. The molecule has 0 aliphatic carbocycles. The highest BCUT2D eigenvalue weighted by atomic mass is 16.4. The minimum Gasteiger partial charge on any atom is -0.438 e. The summed E-state index contributed by atoms with van der Waals surface area (Å²) in [7, 11) is 0. The molecule has 1 fully saturated rings. The Morgan fingerprint density at radius 3 is 2.78 bits per heavy atom. The first kappa shape index (κ1) is 12.4. The number of nitrogens with two attached hydrogens (primary N) is 1. The Kier molecular flexibility index (Phi) is 3.50. The number of rotatable bonds is 2. The van der Waals surface area contributed by atoms with Crippen molar-refractivity contribution in [2.45, 2.75) is 19.8 Å². The van der Waals surface area contributed by atoms with Crippen molar-refractivity contribution in [2.75, 3.05) is 13.1 Å². The zero-order valence-corrected chi connectivity index (χ0v) is 10.2. The summed E-state index contributed by atoms with van der Waals surface area (Å²) in [5, 5.41) is 11.6. The van der Waals surface area contributed by atoms with E-state index in [1.165, 1.54) is 6.39 Å². The van der Waals surface area contributed by atoms with E-state index < -0.39 is 0 Å². The third-order valence-corrected chi connectivity index (χ3v) is 3.26. The van der Waals surface area contributed by atoms with Gasteiger partial charge in [-0.2, -0.15) is 0 Å². The Bertz CT molecular complexity index is 461. The molecule has 1 aromatic rings. The fourth-order valence-corrected chi connectivity index (χ4v) is 2.11. The Hall–Kier alpha value is -2.05. The largest absolute Gasteiger partial charge is 0.438 e. The fraction of sp³-hybridized carbons (Fsp3) is 0.545. The number of hydrogen-bond donors (Lipinski definition) is 2. The number of aromatic nitrogens is 1. The molecule has 1 aromatic heterocycles. The second-order valence-corrected chi connectivity index (χ2v) is 4.36. The lowest BCUT2D eigenvalue weighted by Gasteiger charge is -2.30. The van der Waals surface area contributed by atoms with Crippen molar-refractivity contribution in [1.82, 2.24) is 9.88 Å². The molecule has 2 heterocycles. The van der Waals surface area contributed by atoms with Gasteiger partial charge in [-0.3, -0.25) is 4.79 Å². The van der Waals surface area contributed by atoms with E-state index in [1.807, 2.05) is 0 Å². The van der Waals surface area contributed by atoms with E-state index in [2.05, 4.69) is 10.1 Å². The Balaban J connectivity index is 1.98. The predicted octanol–water partition coefficient (Wildman–Crippen LogP) is 0.582. The van der Waals surface area contributed by atoms with Crippen LogP contribution in [-0.4, -0.2) is 39.9 Å². The highest BCUT2D eigenvalue weighted by molar-refractivity contribution is 5.92. The molecule has 0 unspecified atom stereocenters. The summed E-state index contributed by atoms with van der Waals surface area (Å²) in [4.78, 5) is 17.7. The smallest absolute Gasteiger partial charge is 0.291 e. The highest BCUT2D eigenvalue weighted by Gasteiger charge is 2.28. The number of hydrogen-bond acceptors (Lipinski definition) is 5. The van der Waals surface area contributed by atoms with Crippen LogP contribution in [0.1, 0.15) is 29.1 Å². The molecule has 1 aliphatic heterocycles. The summed E-state index contributed by atoms with van der Waals surface area (Å²) >= 11 is 0. The molecule has 7 heteroatoms. The molecular formula is C11H16N4O3. The number of amidine groups is 1. The Labute approximate surface area is 104 Å². The molecular weight excluding hydrogens is 236 g/mol. The maximum Gasteiger partial charge on any atom is 0.291 e. The number of aryl methyl sites for hydroxylation is 1. The number of amides is 1.